The van der Waals surface area contributed by atoms with Crippen LogP contribution in [0.1, 0.15) is 118 Å². The SMILES string of the molecule is CC(C)(C)OC(=O)N1CCC1CO.CCOC(=O)C(Br)CCBr.CCOC(=O)C1CCN1Cc1ccccc1.COc1ncnc2c(C=O)cn(COCc3ccccc3)c12.COc1ncnc2c(CN3CCC3CO)cn(COCc3ccccc3)c12.O=C1CCCO1.O=c1[nH]cnc2c(CN3CCC3CO)c[nH]c12. The van der Waals surface area contributed by atoms with Gasteiger partial charge in [-0.1, -0.05) is 123 Å². The van der Waals surface area contributed by atoms with Gasteiger partial charge in [-0.15, -0.1) is 0 Å². The number of nitrogens with one attached hydrogen (secondary N) is 2. The van der Waals surface area contributed by atoms with E-state index < -0.39 is 5.60 Å². The molecule has 0 saturated carbocycles. The third-order valence-electron chi connectivity index (χ3n) is 18.4. The first kappa shape index (κ1) is 87.5. The number of ether oxygens (including phenoxy) is 8. The van der Waals surface area contributed by atoms with Gasteiger partial charge < -0.3 is 77.2 Å². The zero-order valence-corrected chi connectivity index (χ0v) is 67.2. The Morgan fingerprint density at radius 3 is 1.65 bits per heavy atom. The number of aromatic amines is 2. The van der Waals surface area contributed by atoms with Gasteiger partial charge in [0.2, 0.25) is 11.8 Å². The fraction of sp³-hybridized carbons (Fsp3) is 0.481. The van der Waals surface area contributed by atoms with Crippen molar-refractivity contribution in [1.29, 1.82) is 0 Å². The number of carbonyl (C=O) groups is 5. The largest absolute Gasteiger partial charge is 0.479 e. The van der Waals surface area contributed by atoms with Gasteiger partial charge in [0.1, 0.15) is 70.2 Å². The van der Waals surface area contributed by atoms with Gasteiger partial charge in [-0.2, -0.15) is 9.97 Å². The van der Waals surface area contributed by atoms with Gasteiger partial charge in [-0.25, -0.2) is 19.7 Å². The van der Waals surface area contributed by atoms with E-state index in [1.807, 2.05) is 117 Å². The lowest BCUT2D eigenvalue weighted by Gasteiger charge is -2.40. The molecule has 0 bridgehead atoms. The molecule has 5 fully saturated rings. The Bertz CT molecular complexity index is 4380. The number of amides is 1. The summed E-state index contributed by atoms with van der Waals surface area (Å²) in [5, 5.41) is 28.2. The number of nitrogens with zero attached hydrogens (tertiary/aromatic N) is 11. The zero-order valence-electron chi connectivity index (χ0n) is 64.0. The number of rotatable bonds is 26. The number of H-pyrrole nitrogens is 2. The normalized spacial score (nSPS) is 17.3. The summed E-state index contributed by atoms with van der Waals surface area (Å²) in [4.78, 5) is 101. The summed E-state index contributed by atoms with van der Waals surface area (Å²) in [6.07, 6.45) is 16.5. The zero-order chi connectivity index (χ0) is 79.7. The van der Waals surface area contributed by atoms with Gasteiger partial charge in [0.15, 0.2) is 6.29 Å². The Balaban J connectivity index is 0.000000169. The highest BCUT2D eigenvalue weighted by atomic mass is 79.9. The predicted octanol–water partition coefficient (Wildman–Crippen LogP) is 9.66. The average molecular weight is 1670 g/mol. The first-order valence-corrected chi connectivity index (χ1v) is 39.1. The summed E-state index contributed by atoms with van der Waals surface area (Å²) >= 11 is 6.43. The fourth-order valence-corrected chi connectivity index (χ4v) is 13.6. The lowest BCUT2D eigenvalue weighted by Crippen LogP contribution is -2.54. The molecule has 32 heteroatoms. The summed E-state index contributed by atoms with van der Waals surface area (Å²) in [6.45, 7) is 18.7. The monoisotopic (exact) mass is 1660 g/mol. The lowest BCUT2D eigenvalue weighted by molar-refractivity contribution is -0.155. The molecule has 6 aromatic heterocycles. The van der Waals surface area contributed by atoms with Gasteiger partial charge in [0.05, 0.1) is 90.5 Å². The van der Waals surface area contributed by atoms with Crippen molar-refractivity contribution < 1.29 is 77.2 Å². The van der Waals surface area contributed by atoms with Crippen LogP contribution in [0.2, 0.25) is 0 Å². The van der Waals surface area contributed by atoms with E-state index in [-0.39, 0.29) is 85.1 Å². The average Bonchev–Trinajstić information content (AvgIpc) is 1.61. The number of carbonyl (C=O) groups excluding carboxylic acids is 5. The maximum absolute atomic E-state index is 11.6. The van der Waals surface area contributed by atoms with Crippen molar-refractivity contribution in [3.8, 4) is 11.8 Å². The van der Waals surface area contributed by atoms with Crippen LogP contribution in [0.3, 0.4) is 0 Å². The fourth-order valence-electron chi connectivity index (χ4n) is 12.1. The summed E-state index contributed by atoms with van der Waals surface area (Å²) in [5.41, 5.74) is 9.59. The highest BCUT2D eigenvalue weighted by Crippen LogP contribution is 2.31. The third-order valence-corrected chi connectivity index (χ3v) is 19.7. The topological polar surface area (TPSA) is 356 Å². The highest BCUT2D eigenvalue weighted by molar-refractivity contribution is 9.10. The highest BCUT2D eigenvalue weighted by Gasteiger charge is 2.36. The third kappa shape index (κ3) is 26.0. The Hall–Kier alpha value is -9.09. The predicted molar refractivity (Wildman–Crippen MR) is 423 cm³/mol. The Morgan fingerprint density at radius 1 is 0.649 bits per heavy atom. The van der Waals surface area contributed by atoms with Crippen LogP contribution in [0, 0.1) is 0 Å². The van der Waals surface area contributed by atoms with Gasteiger partial charge in [-0.3, -0.25) is 38.7 Å². The number of cyclic esters (lactones) is 1. The molecule has 30 nitrogen and oxygen atoms in total. The summed E-state index contributed by atoms with van der Waals surface area (Å²) in [5.74, 6) is 0.653. The van der Waals surface area contributed by atoms with Gasteiger partial charge in [0.25, 0.3) is 5.56 Å². The molecule has 0 spiro atoms. The van der Waals surface area contributed by atoms with Crippen molar-refractivity contribution in [2.24, 2.45) is 0 Å². The van der Waals surface area contributed by atoms with Crippen molar-refractivity contribution in [1.82, 2.24) is 63.6 Å². The summed E-state index contributed by atoms with van der Waals surface area (Å²) in [7, 11) is 3.14. The number of hydrogen-bond acceptors (Lipinski definition) is 25. The van der Waals surface area contributed by atoms with Crippen LogP contribution < -0.4 is 15.0 Å². The molecule has 0 aliphatic carbocycles. The van der Waals surface area contributed by atoms with Gasteiger partial charge in [-0.05, 0) is 89.8 Å². The minimum absolute atomic E-state index is 0.0270. The van der Waals surface area contributed by atoms with E-state index in [1.165, 1.54) is 31.7 Å². The molecular formula is C79H103Br2N13O17. The smallest absolute Gasteiger partial charge is 0.410 e. The quantitative estimate of drug-likeness (QED) is 0.0146. The minimum Gasteiger partial charge on any atom is -0.479 e. The number of likely N-dealkylation sites (tertiary alicyclic amines) is 4. The first-order valence-electron chi connectivity index (χ1n) is 37.0. The van der Waals surface area contributed by atoms with Crippen molar-refractivity contribution >= 4 is 95.2 Å². The molecule has 5 aliphatic rings. The number of halogens is 2. The molecule has 5 aliphatic heterocycles. The molecule has 5 saturated heterocycles. The second kappa shape index (κ2) is 45.4. The number of aromatic nitrogens is 9. The van der Waals surface area contributed by atoms with Crippen molar-refractivity contribution in [2.45, 2.75) is 160 Å². The number of hydrogen-bond donors (Lipinski definition) is 5. The Kier molecular flexibility index (Phi) is 35.8. The summed E-state index contributed by atoms with van der Waals surface area (Å²) in [6, 6.07) is 30.6. The first-order chi connectivity index (χ1) is 53.8. The molecule has 5 unspecified atom stereocenters. The van der Waals surface area contributed by atoms with Crippen LogP contribution in [-0.2, 0) is 89.1 Å². The second-order valence-electron chi connectivity index (χ2n) is 27.2. The number of benzene rings is 3. The Labute approximate surface area is 662 Å². The van der Waals surface area contributed by atoms with Gasteiger partial charge >= 0.3 is 24.0 Å². The summed E-state index contributed by atoms with van der Waals surface area (Å²) < 4.78 is 45.5. The molecule has 14 rings (SSSR count). The van der Waals surface area contributed by atoms with E-state index in [1.54, 1.807) is 29.7 Å². The molecule has 5 N–H and O–H groups in total. The number of aliphatic hydroxyl groups excluding tert-OH is 3. The number of alkyl halides is 2. The number of esters is 3. The standard InChI is InChI=1S/C20H24N4O3.C16H15N3O3.C13H17NO2.C11H14N4O2.C9H17NO3.C6H10Br2O2.C4H6O2/c1-26-20-19-18(21-13-22-20)16(9-23-8-7-17(23)11-25)10-24(19)14-27-12-15-5-3-2-4-6-15;1-21-16-15-14(17-10-18-16)13(8-20)7-19(15)11-22-9-12-5-3-2-4-6-12;1-2-16-13(15)12-8-9-14(12)10-11-6-4-3-5-7-11;16-5-8-1-2-15(8)4-7-3-12-10-9(7)13-6-14-11(10)17;1-9(2,3)13-8(12)10-5-4-7(10)6-11;1-2-10-6(9)5(8)3-4-7;5-4-2-1-3-6-4/h2-6,10,13,17,25H,7-9,11-12,14H2,1H3;2-8,10H,9,11H2,1H3;3-7,12H,2,8-10H2,1H3;3,6,8,12,16H,1-2,4-5H2,(H,13,14,17);7,11H,4-6H2,1-3H3;5H,2-4H2,1H3;1-3H2. The van der Waals surface area contributed by atoms with E-state index >= 15 is 0 Å². The van der Waals surface area contributed by atoms with Crippen LogP contribution in [0.15, 0.2) is 133 Å². The van der Waals surface area contributed by atoms with Crippen molar-refractivity contribution in [3.63, 3.8) is 0 Å². The second-order valence-corrected chi connectivity index (χ2v) is 29.1. The molecule has 111 heavy (non-hydrogen) atoms. The van der Waals surface area contributed by atoms with E-state index in [4.69, 9.17) is 43.4 Å². The molecule has 1 amide bonds. The van der Waals surface area contributed by atoms with Gasteiger partial charge in [0, 0.05) is 99.4 Å². The molecular weight excluding hydrogens is 1560 g/mol. The number of aliphatic hydroxyl groups is 3. The lowest BCUT2D eigenvalue weighted by atomic mass is 10.0. The molecule has 5 atom stereocenters. The van der Waals surface area contributed by atoms with E-state index in [0.717, 1.165) is 128 Å². The maximum Gasteiger partial charge on any atom is 0.410 e. The Morgan fingerprint density at radius 2 is 1.19 bits per heavy atom. The molecule has 600 valence electrons. The van der Waals surface area contributed by atoms with Crippen molar-refractivity contribution in [2.75, 3.05) is 85.4 Å². The number of aldehydes is 1. The maximum atomic E-state index is 11.6. The molecule has 11 heterocycles. The minimum atomic E-state index is -0.452. The van der Waals surface area contributed by atoms with Crippen LogP contribution in [0.5, 0.6) is 11.8 Å². The van der Waals surface area contributed by atoms with E-state index in [9.17, 15) is 33.9 Å². The van der Waals surface area contributed by atoms with Crippen LogP contribution in [-0.4, -0.2) is 229 Å². The molecule has 9 aromatic rings. The van der Waals surface area contributed by atoms with Crippen LogP contribution in [0.25, 0.3) is 33.1 Å². The molecule has 3 aromatic carbocycles. The molecule has 0 radical (unpaired) electrons. The van der Waals surface area contributed by atoms with Crippen LogP contribution >= 0.6 is 31.9 Å². The van der Waals surface area contributed by atoms with Crippen LogP contribution in [0.4, 0.5) is 4.79 Å². The number of fused-ring (bicyclic) bond motifs is 3. The van der Waals surface area contributed by atoms with E-state index in [2.05, 4.69) is 105 Å². The van der Waals surface area contributed by atoms with E-state index in [0.29, 0.717) is 86.6 Å². The number of methoxy groups -OCH3 is 2. The van der Waals surface area contributed by atoms with Crippen molar-refractivity contribution in [3.05, 3.63) is 172 Å².